The second-order valence-electron chi connectivity index (χ2n) is 6.87. The molecule has 1 aromatic heterocycles. The molecule has 9 heteroatoms. The molecule has 0 spiro atoms. The predicted octanol–water partition coefficient (Wildman–Crippen LogP) is 1.08. The van der Waals surface area contributed by atoms with Crippen molar-refractivity contribution in [1.82, 2.24) is 13.2 Å². The van der Waals surface area contributed by atoms with Crippen LogP contribution in [0.4, 0.5) is 0 Å². The minimum atomic E-state index is -3.79. The van der Waals surface area contributed by atoms with Crippen molar-refractivity contribution in [3.63, 3.8) is 0 Å². The fraction of sp³-hybridized carbons (Fsp3) is 0.647. The molecule has 1 aliphatic carbocycles. The minimum absolute atomic E-state index is 0.0516. The van der Waals surface area contributed by atoms with Gasteiger partial charge in [-0.15, -0.1) is 0 Å². The van der Waals surface area contributed by atoms with Gasteiger partial charge in [0, 0.05) is 39.3 Å². The van der Waals surface area contributed by atoms with E-state index >= 15 is 0 Å². The van der Waals surface area contributed by atoms with Crippen molar-refractivity contribution < 1.29 is 22.7 Å². The zero-order valence-corrected chi connectivity index (χ0v) is 15.8. The lowest BCUT2D eigenvalue weighted by Crippen LogP contribution is -2.51. The molecule has 144 valence electrons. The van der Waals surface area contributed by atoms with Gasteiger partial charge in [0.25, 0.3) is 6.47 Å². The number of piperazine rings is 1. The molecule has 26 heavy (non-hydrogen) atoms. The molecule has 3 rings (SSSR count). The van der Waals surface area contributed by atoms with E-state index < -0.39 is 15.8 Å². The van der Waals surface area contributed by atoms with E-state index in [4.69, 9.17) is 4.74 Å². The molecule has 2 heterocycles. The quantitative estimate of drug-likeness (QED) is 0.710. The van der Waals surface area contributed by atoms with Crippen molar-refractivity contribution in [3.05, 3.63) is 24.0 Å². The standard InChI is InChI=1S/C17H25N3O5S/c1-15(22)18-10-12-19(13-11-18)26(23,24)20-9-5-6-16(20)17(25-14-21)7-3-2-4-8-17/h5-6,9,14H,2-4,7-8,10-13H2,1H3. The maximum absolute atomic E-state index is 13.2. The summed E-state index contributed by atoms with van der Waals surface area (Å²) in [4.78, 5) is 24.2. The molecule has 2 fully saturated rings. The summed E-state index contributed by atoms with van der Waals surface area (Å²) in [6.45, 7) is 3.16. The lowest BCUT2D eigenvalue weighted by molar-refractivity contribution is -0.149. The number of carbonyl (C=O) groups excluding carboxylic acids is 2. The van der Waals surface area contributed by atoms with Gasteiger partial charge in [-0.1, -0.05) is 6.42 Å². The number of nitrogens with zero attached hydrogens (tertiary/aromatic N) is 3. The first-order chi connectivity index (χ1) is 12.4. The van der Waals surface area contributed by atoms with Crippen LogP contribution in [0.5, 0.6) is 0 Å². The van der Waals surface area contributed by atoms with Gasteiger partial charge < -0.3 is 9.64 Å². The Bertz CT molecular complexity index is 759. The summed E-state index contributed by atoms with van der Waals surface area (Å²) in [5.74, 6) is -0.0516. The van der Waals surface area contributed by atoms with E-state index in [0.717, 1.165) is 19.3 Å². The third kappa shape index (κ3) is 3.37. The van der Waals surface area contributed by atoms with Crippen molar-refractivity contribution >= 4 is 22.6 Å². The maximum atomic E-state index is 13.2. The molecular formula is C17H25N3O5S. The number of amides is 1. The van der Waals surface area contributed by atoms with Gasteiger partial charge in [0.1, 0.15) is 0 Å². The molecule has 1 saturated heterocycles. The molecule has 0 unspecified atom stereocenters. The first-order valence-corrected chi connectivity index (χ1v) is 10.4. The highest BCUT2D eigenvalue weighted by atomic mass is 32.2. The zero-order valence-electron chi connectivity index (χ0n) is 15.0. The number of aromatic nitrogens is 1. The topological polar surface area (TPSA) is 88.9 Å². The van der Waals surface area contributed by atoms with Crippen molar-refractivity contribution in [3.8, 4) is 0 Å². The Morgan fingerprint density at radius 2 is 1.81 bits per heavy atom. The first-order valence-electron chi connectivity index (χ1n) is 8.96. The maximum Gasteiger partial charge on any atom is 0.307 e. The molecule has 1 aliphatic heterocycles. The van der Waals surface area contributed by atoms with E-state index in [1.54, 1.807) is 17.0 Å². The average molecular weight is 383 g/mol. The van der Waals surface area contributed by atoms with E-state index in [1.165, 1.54) is 21.4 Å². The zero-order chi connectivity index (χ0) is 18.8. The Hall–Kier alpha value is -1.87. The van der Waals surface area contributed by atoms with Crippen LogP contribution < -0.4 is 0 Å². The number of hydrogen-bond donors (Lipinski definition) is 0. The number of rotatable bonds is 5. The van der Waals surface area contributed by atoms with Crippen LogP contribution >= 0.6 is 0 Å². The second kappa shape index (κ2) is 7.40. The highest BCUT2D eigenvalue weighted by Gasteiger charge is 2.41. The second-order valence-corrected chi connectivity index (χ2v) is 8.68. The lowest BCUT2D eigenvalue weighted by Gasteiger charge is -2.38. The number of carbonyl (C=O) groups is 2. The lowest BCUT2D eigenvalue weighted by atomic mass is 9.82. The Labute approximate surface area is 153 Å². The fourth-order valence-electron chi connectivity index (χ4n) is 3.93. The summed E-state index contributed by atoms with van der Waals surface area (Å²) in [5, 5.41) is 0. The summed E-state index contributed by atoms with van der Waals surface area (Å²) < 4.78 is 34.4. The molecule has 1 amide bonds. The molecule has 0 atom stereocenters. The van der Waals surface area contributed by atoms with Crippen molar-refractivity contribution in [2.75, 3.05) is 26.2 Å². The summed E-state index contributed by atoms with van der Waals surface area (Å²) >= 11 is 0. The van der Waals surface area contributed by atoms with Gasteiger partial charge in [0.05, 0.1) is 5.69 Å². The van der Waals surface area contributed by atoms with Crippen LogP contribution in [0.1, 0.15) is 44.7 Å². The molecule has 0 N–H and O–H groups in total. The van der Waals surface area contributed by atoms with Gasteiger partial charge in [0.15, 0.2) is 5.60 Å². The normalized spacial score (nSPS) is 21.3. The van der Waals surface area contributed by atoms with E-state index in [-0.39, 0.29) is 19.0 Å². The third-order valence-electron chi connectivity index (χ3n) is 5.37. The Morgan fingerprint density at radius 1 is 1.15 bits per heavy atom. The van der Waals surface area contributed by atoms with Crippen LogP contribution in [-0.4, -0.2) is 60.2 Å². The van der Waals surface area contributed by atoms with Gasteiger partial charge in [-0.3, -0.25) is 9.59 Å². The first kappa shape index (κ1) is 18.9. The smallest absolute Gasteiger partial charge is 0.307 e. The third-order valence-corrected chi connectivity index (χ3v) is 7.21. The van der Waals surface area contributed by atoms with E-state index in [1.807, 2.05) is 0 Å². The van der Waals surface area contributed by atoms with Crippen LogP contribution in [0.2, 0.25) is 0 Å². The van der Waals surface area contributed by atoms with Gasteiger partial charge in [-0.25, -0.2) is 3.97 Å². The van der Waals surface area contributed by atoms with Gasteiger partial charge in [-0.2, -0.15) is 12.7 Å². The average Bonchev–Trinajstić information content (AvgIpc) is 3.14. The van der Waals surface area contributed by atoms with Gasteiger partial charge >= 0.3 is 10.2 Å². The van der Waals surface area contributed by atoms with Crippen LogP contribution in [0, 0.1) is 0 Å². The van der Waals surface area contributed by atoms with Crippen LogP contribution in [0.15, 0.2) is 18.3 Å². The molecule has 0 radical (unpaired) electrons. The van der Waals surface area contributed by atoms with Gasteiger partial charge in [-0.05, 0) is 37.8 Å². The molecule has 1 aromatic rings. The summed E-state index contributed by atoms with van der Waals surface area (Å²) in [6, 6.07) is 3.39. The highest BCUT2D eigenvalue weighted by Crippen LogP contribution is 2.41. The molecule has 2 aliphatic rings. The summed E-state index contributed by atoms with van der Waals surface area (Å²) in [7, 11) is -3.79. The van der Waals surface area contributed by atoms with Crippen LogP contribution in [-0.2, 0) is 30.1 Å². The van der Waals surface area contributed by atoms with E-state index in [2.05, 4.69) is 0 Å². The predicted molar refractivity (Wildman–Crippen MR) is 94.5 cm³/mol. The van der Waals surface area contributed by atoms with Crippen molar-refractivity contribution in [1.29, 1.82) is 0 Å². The molecule has 1 saturated carbocycles. The number of ether oxygens (including phenoxy) is 1. The Balaban J connectivity index is 1.89. The molecule has 0 aromatic carbocycles. The Morgan fingerprint density at radius 3 is 2.38 bits per heavy atom. The van der Waals surface area contributed by atoms with Crippen molar-refractivity contribution in [2.24, 2.45) is 0 Å². The van der Waals surface area contributed by atoms with Crippen LogP contribution in [0.25, 0.3) is 0 Å². The highest BCUT2D eigenvalue weighted by molar-refractivity contribution is 7.87. The number of hydrogen-bond acceptors (Lipinski definition) is 5. The monoisotopic (exact) mass is 383 g/mol. The summed E-state index contributed by atoms with van der Waals surface area (Å²) in [6.07, 6.45) is 5.55. The molecular weight excluding hydrogens is 358 g/mol. The van der Waals surface area contributed by atoms with E-state index in [9.17, 15) is 18.0 Å². The van der Waals surface area contributed by atoms with Gasteiger partial charge in [0.2, 0.25) is 5.91 Å². The largest absolute Gasteiger partial charge is 0.455 e. The Kier molecular flexibility index (Phi) is 5.38. The van der Waals surface area contributed by atoms with E-state index in [0.29, 0.717) is 38.1 Å². The molecule has 0 bridgehead atoms. The SMILES string of the molecule is CC(=O)N1CCN(S(=O)(=O)n2cccc2C2(OC=O)CCCCC2)CC1. The molecule has 8 nitrogen and oxygen atoms in total. The van der Waals surface area contributed by atoms with Crippen LogP contribution in [0.3, 0.4) is 0 Å². The summed E-state index contributed by atoms with van der Waals surface area (Å²) in [5.41, 5.74) is -0.393. The minimum Gasteiger partial charge on any atom is -0.455 e. The van der Waals surface area contributed by atoms with Crippen molar-refractivity contribution in [2.45, 2.75) is 44.6 Å². The fourth-order valence-corrected chi connectivity index (χ4v) is 5.50.